The van der Waals surface area contributed by atoms with E-state index < -0.39 is 5.37 Å². The van der Waals surface area contributed by atoms with Crippen LogP contribution < -0.4 is 4.72 Å². The Labute approximate surface area is 40.0 Å². The first-order valence-corrected chi connectivity index (χ1v) is 1.69. The second-order valence-corrected chi connectivity index (χ2v) is 0.952. The van der Waals surface area contributed by atoms with Gasteiger partial charge in [0.05, 0.1) is 0 Å². The summed E-state index contributed by atoms with van der Waals surface area (Å²) in [6.45, 7) is 0. The van der Waals surface area contributed by atoms with E-state index in [2.05, 4.69) is 24.4 Å². The number of hydrogen-bond acceptors (Lipinski definition) is 2. The monoisotopic (exact) mass is 111 g/mol. The lowest BCUT2D eigenvalue weighted by Gasteiger charge is -1.75. The summed E-state index contributed by atoms with van der Waals surface area (Å²) in [5.41, 5.74) is 0. The first kappa shape index (κ1) is 5.11. The Morgan fingerprint density at radius 2 is 2.20 bits per heavy atom. The van der Waals surface area contributed by atoms with Gasteiger partial charge in [0.25, 0.3) is 0 Å². The van der Waals surface area contributed by atoms with Crippen molar-refractivity contribution in [2.75, 3.05) is 0 Å². The van der Waals surface area contributed by atoms with E-state index in [0.29, 0.717) is 0 Å². The van der Waals surface area contributed by atoms with Crippen LogP contribution in [0.4, 0.5) is 4.79 Å². The van der Waals surface area contributed by atoms with Crippen LogP contribution in [0.1, 0.15) is 0 Å². The molecule has 0 aliphatic rings. The molecule has 0 fully saturated rings. The van der Waals surface area contributed by atoms with Crippen molar-refractivity contribution in [3.63, 3.8) is 0 Å². The summed E-state index contributed by atoms with van der Waals surface area (Å²) in [6, 6.07) is 0. The molecular weight excluding hydrogens is 110 g/mol. The molecule has 0 aromatic rings. The van der Waals surface area contributed by atoms with Gasteiger partial charge in [-0.2, -0.15) is 0 Å². The summed E-state index contributed by atoms with van der Waals surface area (Å²) in [7, 11) is 0. The summed E-state index contributed by atoms with van der Waals surface area (Å²) in [5.74, 6) is 0. The van der Waals surface area contributed by atoms with Crippen LogP contribution in [0.5, 0.6) is 0 Å². The van der Waals surface area contributed by atoms with Crippen molar-refractivity contribution in [3.05, 3.63) is 0 Å². The van der Waals surface area contributed by atoms with Gasteiger partial charge in [-0.3, -0.25) is 9.52 Å². The van der Waals surface area contributed by atoms with E-state index in [1.807, 2.05) is 4.72 Å². The number of rotatable bonds is 0. The maximum Gasteiger partial charge on any atom is 0.323 e. The summed E-state index contributed by atoms with van der Waals surface area (Å²) in [4.78, 5) is 9.39. The van der Waals surface area contributed by atoms with Gasteiger partial charge in [-0.05, 0) is 11.6 Å². The van der Waals surface area contributed by atoms with E-state index in [0.717, 1.165) is 0 Å². The highest BCUT2D eigenvalue weighted by molar-refractivity contribution is 7.79. The van der Waals surface area contributed by atoms with Crippen LogP contribution in [0.3, 0.4) is 0 Å². The van der Waals surface area contributed by atoms with Crippen molar-refractivity contribution in [1.82, 2.24) is 4.72 Å². The Kier molecular flexibility index (Phi) is 2.41. The lowest BCUT2D eigenvalue weighted by Crippen LogP contribution is -1.98. The largest absolute Gasteiger partial charge is 0.323 e. The molecule has 0 heterocycles. The summed E-state index contributed by atoms with van der Waals surface area (Å²) in [5, 5.41) is -0.659. The smallest absolute Gasteiger partial charge is 0.289 e. The normalized spacial score (nSPS) is 6.80. The molecule has 5 heavy (non-hydrogen) atoms. The number of carbonyl (C=O) groups excluding carboxylic acids is 1. The van der Waals surface area contributed by atoms with Gasteiger partial charge in [0.15, 0.2) is 0 Å². The fraction of sp³-hybridized carbons (Fsp3) is 0. The van der Waals surface area contributed by atoms with Gasteiger partial charge in [0.2, 0.25) is 0 Å². The van der Waals surface area contributed by atoms with Crippen LogP contribution in [0.2, 0.25) is 0 Å². The van der Waals surface area contributed by atoms with Gasteiger partial charge < -0.3 is 0 Å². The third kappa shape index (κ3) is 4.11. The molecule has 4 heteroatoms. The molecule has 2 nitrogen and oxygen atoms in total. The zero-order valence-electron chi connectivity index (χ0n) is 2.23. The molecule has 0 spiro atoms. The van der Waals surface area contributed by atoms with Crippen LogP contribution in [-0.4, -0.2) is 5.37 Å². The molecule has 0 atom stereocenters. The molecule has 0 saturated carbocycles. The topological polar surface area (TPSA) is 29.1 Å². The van der Waals surface area contributed by atoms with Crippen LogP contribution in [-0.2, 0) is 0 Å². The Bertz CT molecular complexity index is 46.9. The van der Waals surface area contributed by atoms with Gasteiger partial charge in [0, 0.05) is 0 Å². The van der Waals surface area contributed by atoms with E-state index in [1.54, 1.807) is 0 Å². The van der Waals surface area contributed by atoms with Gasteiger partial charge >= 0.3 is 5.37 Å². The molecule has 0 aromatic carbocycles. The second-order valence-electron chi connectivity index (χ2n) is 0.386. The Balaban J connectivity index is 2.85. The molecule has 0 rings (SSSR count). The molecule has 0 aliphatic carbocycles. The second kappa shape index (κ2) is 2.35. The van der Waals surface area contributed by atoms with Crippen molar-refractivity contribution >= 4 is 29.8 Å². The first-order valence-electron chi connectivity index (χ1n) is 0.867. The van der Waals surface area contributed by atoms with Gasteiger partial charge in [-0.15, -0.1) is 0 Å². The van der Waals surface area contributed by atoms with Crippen LogP contribution >= 0.6 is 24.4 Å². The van der Waals surface area contributed by atoms with Crippen LogP contribution in [0, 0.1) is 0 Å². The minimum Gasteiger partial charge on any atom is -0.289 e. The fourth-order valence-corrected chi connectivity index (χ4v) is 0. The molecular formula is CH2ClNOS. The molecule has 0 aliphatic heterocycles. The molecule has 0 saturated heterocycles. The maximum absolute atomic E-state index is 9.39. The van der Waals surface area contributed by atoms with E-state index in [9.17, 15) is 4.79 Å². The third-order valence-electron chi connectivity index (χ3n) is 0.0879. The highest BCUT2D eigenvalue weighted by atomic mass is 35.5. The van der Waals surface area contributed by atoms with E-state index in [1.165, 1.54) is 0 Å². The van der Waals surface area contributed by atoms with Crippen molar-refractivity contribution in [2.24, 2.45) is 0 Å². The predicted molar refractivity (Wildman–Crippen MR) is 23.4 cm³/mol. The Hall–Kier alpha value is 0.110. The summed E-state index contributed by atoms with van der Waals surface area (Å²) >= 11 is 7.92. The zero-order valence-corrected chi connectivity index (χ0v) is 3.88. The molecule has 1 N–H and O–H groups in total. The molecule has 1 amide bonds. The average Bonchev–Trinajstić information content (AvgIpc) is 1.38. The van der Waals surface area contributed by atoms with E-state index >= 15 is 0 Å². The quantitative estimate of drug-likeness (QED) is 0.270. The number of halogens is 1. The van der Waals surface area contributed by atoms with Gasteiger partial charge in [-0.1, -0.05) is 12.8 Å². The minimum absolute atomic E-state index is 0.659. The molecule has 30 valence electrons. The summed E-state index contributed by atoms with van der Waals surface area (Å²) in [6.07, 6.45) is 0. The third-order valence-corrected chi connectivity index (χ3v) is 0.517. The highest BCUT2D eigenvalue weighted by Gasteiger charge is 1.78. The number of hydrogen-bond donors (Lipinski definition) is 2. The lowest BCUT2D eigenvalue weighted by molar-refractivity contribution is 0.264. The van der Waals surface area contributed by atoms with Crippen molar-refractivity contribution in [2.45, 2.75) is 0 Å². The van der Waals surface area contributed by atoms with E-state index in [-0.39, 0.29) is 0 Å². The lowest BCUT2D eigenvalue weighted by atomic mass is 11.5. The van der Waals surface area contributed by atoms with Crippen LogP contribution in [0.25, 0.3) is 0 Å². The highest BCUT2D eigenvalue weighted by Crippen LogP contribution is 1.74. The Morgan fingerprint density at radius 3 is 2.20 bits per heavy atom. The fourth-order valence-electron chi connectivity index (χ4n) is 0. The van der Waals surface area contributed by atoms with Crippen LogP contribution in [0.15, 0.2) is 0 Å². The van der Waals surface area contributed by atoms with E-state index in [4.69, 9.17) is 0 Å². The average molecular weight is 112 g/mol. The molecule has 0 bridgehead atoms. The minimum atomic E-state index is -0.659. The summed E-state index contributed by atoms with van der Waals surface area (Å²) < 4.78 is 1.85. The number of amides is 1. The van der Waals surface area contributed by atoms with Crippen molar-refractivity contribution in [3.8, 4) is 0 Å². The van der Waals surface area contributed by atoms with Crippen molar-refractivity contribution in [1.29, 1.82) is 0 Å². The molecule has 0 unspecified atom stereocenters. The number of carbonyl (C=O) groups is 1. The molecule has 0 aromatic heterocycles. The first-order chi connectivity index (χ1) is 2.27. The Morgan fingerprint density at radius 1 is 2.00 bits per heavy atom. The van der Waals surface area contributed by atoms with Crippen molar-refractivity contribution < 1.29 is 4.79 Å². The molecule has 0 radical (unpaired) electrons. The SMILES string of the molecule is O=C(Cl)NS. The number of thiol groups is 1. The standard InChI is InChI=1S/CH2ClNOS/c2-1(4)3-5/h5H,(H,3,4). The number of nitrogens with one attached hydrogen (secondary N) is 1. The maximum atomic E-state index is 9.39. The van der Waals surface area contributed by atoms with Gasteiger partial charge in [0.1, 0.15) is 0 Å². The van der Waals surface area contributed by atoms with Gasteiger partial charge in [-0.25, -0.2) is 0 Å². The predicted octanol–water partition coefficient (Wildman–Crippen LogP) is 0.780. The zero-order chi connectivity index (χ0) is 4.28.